The van der Waals surface area contributed by atoms with Crippen molar-refractivity contribution in [3.8, 4) is 11.5 Å². The van der Waals surface area contributed by atoms with E-state index in [-0.39, 0.29) is 22.7 Å². The second kappa shape index (κ2) is 12.5. The first-order valence-electron chi connectivity index (χ1n) is 13.9. The van der Waals surface area contributed by atoms with Gasteiger partial charge in [0.15, 0.2) is 0 Å². The predicted octanol–water partition coefficient (Wildman–Crippen LogP) is 10.1. The molecule has 0 fully saturated rings. The van der Waals surface area contributed by atoms with Gasteiger partial charge in [0.1, 0.15) is 11.5 Å². The minimum atomic E-state index is -0.371. The van der Waals surface area contributed by atoms with E-state index in [1.807, 2.05) is 54.6 Å². The van der Waals surface area contributed by atoms with Crippen molar-refractivity contribution in [2.24, 2.45) is 0 Å². The number of rotatable bonds is 7. The second-order valence-corrected chi connectivity index (χ2v) is 13.2. The van der Waals surface area contributed by atoms with E-state index in [1.54, 1.807) is 19.2 Å². The molecular weight excluding hydrogens is 572 g/mol. The quantitative estimate of drug-likeness (QED) is 0.154. The second-order valence-electron chi connectivity index (χ2n) is 12.4. The van der Waals surface area contributed by atoms with Gasteiger partial charge >= 0.3 is 5.97 Å². The fourth-order valence-corrected chi connectivity index (χ4v) is 5.09. The van der Waals surface area contributed by atoms with Gasteiger partial charge in [0.2, 0.25) is 0 Å². The van der Waals surface area contributed by atoms with E-state index in [4.69, 9.17) is 9.47 Å². The molecule has 0 aromatic heterocycles. The van der Waals surface area contributed by atoms with Crippen molar-refractivity contribution in [2.75, 3.05) is 7.11 Å². The zero-order valence-electron chi connectivity index (χ0n) is 25.0. The van der Waals surface area contributed by atoms with Gasteiger partial charge in [0, 0.05) is 10.4 Å². The summed E-state index contributed by atoms with van der Waals surface area (Å²) in [4.78, 5) is 12.6. The van der Waals surface area contributed by atoms with Crippen molar-refractivity contribution >= 4 is 26.4 Å². The Morgan fingerprint density at radius 1 is 0.683 bits per heavy atom. The number of benzene rings is 4. The third-order valence-electron chi connectivity index (χ3n) is 7.18. The van der Waals surface area contributed by atoms with Crippen molar-refractivity contribution in [1.82, 2.24) is 0 Å². The summed E-state index contributed by atoms with van der Waals surface area (Å²) in [5, 5.41) is 0. The SMILES string of the molecule is COc1ccc(C(Br)=CC(c2ccc(OC(=O)c3ccccc3)cc2)c2cc(C(C)(C)C)cc(C(C)(C)C)c2)cc1. The largest absolute Gasteiger partial charge is 0.497 e. The zero-order chi connectivity index (χ0) is 29.8. The van der Waals surface area contributed by atoms with E-state index in [1.165, 1.54) is 16.7 Å². The van der Waals surface area contributed by atoms with E-state index >= 15 is 0 Å². The number of ether oxygens (including phenoxy) is 2. The molecule has 0 spiro atoms. The van der Waals surface area contributed by atoms with Gasteiger partial charge in [-0.05, 0) is 75.0 Å². The summed E-state index contributed by atoms with van der Waals surface area (Å²) in [5.74, 6) is 0.913. The summed E-state index contributed by atoms with van der Waals surface area (Å²) >= 11 is 3.87. The first-order valence-corrected chi connectivity index (χ1v) is 14.7. The predicted molar refractivity (Wildman–Crippen MR) is 173 cm³/mol. The highest BCUT2D eigenvalue weighted by atomic mass is 79.9. The van der Waals surface area contributed by atoms with E-state index in [9.17, 15) is 4.79 Å². The van der Waals surface area contributed by atoms with Crippen molar-refractivity contribution in [2.45, 2.75) is 58.3 Å². The molecule has 1 atom stereocenters. The van der Waals surface area contributed by atoms with Crippen LogP contribution in [0.3, 0.4) is 0 Å². The number of allylic oxidation sites excluding steroid dienone is 1. The van der Waals surface area contributed by atoms with Crippen LogP contribution in [0.25, 0.3) is 4.48 Å². The fourth-order valence-electron chi connectivity index (χ4n) is 4.56. The minimum Gasteiger partial charge on any atom is -0.497 e. The highest BCUT2D eigenvalue weighted by molar-refractivity contribution is 9.15. The third-order valence-corrected chi connectivity index (χ3v) is 7.91. The van der Waals surface area contributed by atoms with E-state index in [0.29, 0.717) is 11.3 Å². The Hall–Kier alpha value is -3.63. The molecule has 4 heteroatoms. The fraction of sp³-hybridized carbons (Fsp3) is 0.270. The smallest absolute Gasteiger partial charge is 0.343 e. The first kappa shape index (κ1) is 30.3. The molecule has 1 unspecified atom stereocenters. The molecule has 41 heavy (non-hydrogen) atoms. The number of hydrogen-bond acceptors (Lipinski definition) is 3. The van der Waals surface area contributed by atoms with Gasteiger partial charge in [-0.25, -0.2) is 4.79 Å². The molecule has 0 saturated carbocycles. The molecule has 0 amide bonds. The summed E-state index contributed by atoms with van der Waals surface area (Å²) in [7, 11) is 1.67. The molecule has 0 aliphatic heterocycles. The lowest BCUT2D eigenvalue weighted by Crippen LogP contribution is -2.17. The standard InChI is InChI=1S/C37H39BrO3/c1-36(2,3)29-21-28(22-30(23-29)37(4,5)6)33(24-34(38)26-15-17-31(40-7)18-16-26)25-13-19-32(20-14-25)41-35(39)27-11-9-8-10-12-27/h8-24,33H,1-7H3. The highest BCUT2D eigenvalue weighted by Gasteiger charge is 2.24. The Labute approximate surface area is 253 Å². The third kappa shape index (κ3) is 7.77. The van der Waals surface area contributed by atoms with Gasteiger partial charge in [-0.1, -0.05) is 124 Å². The average molecular weight is 612 g/mol. The normalized spacial score (nSPS) is 13.0. The Morgan fingerprint density at radius 3 is 1.73 bits per heavy atom. The molecule has 0 aliphatic carbocycles. The summed E-state index contributed by atoms with van der Waals surface area (Å²) in [6.45, 7) is 13.5. The van der Waals surface area contributed by atoms with Crippen LogP contribution >= 0.6 is 15.9 Å². The summed E-state index contributed by atoms with van der Waals surface area (Å²) in [6.07, 6.45) is 2.25. The van der Waals surface area contributed by atoms with Crippen LogP contribution in [0, 0.1) is 0 Å². The van der Waals surface area contributed by atoms with Gasteiger partial charge in [-0.15, -0.1) is 0 Å². The van der Waals surface area contributed by atoms with Crippen LogP contribution in [0.15, 0.2) is 103 Å². The molecular formula is C37H39BrO3. The lowest BCUT2D eigenvalue weighted by molar-refractivity contribution is 0.0734. The van der Waals surface area contributed by atoms with Crippen LogP contribution in [-0.2, 0) is 10.8 Å². The number of methoxy groups -OCH3 is 1. The molecule has 4 aromatic carbocycles. The van der Waals surface area contributed by atoms with Crippen LogP contribution < -0.4 is 9.47 Å². The number of carbonyl (C=O) groups is 1. The minimum absolute atomic E-state index is 0.00696. The number of hydrogen-bond donors (Lipinski definition) is 0. The lowest BCUT2D eigenvalue weighted by atomic mass is 9.77. The highest BCUT2D eigenvalue weighted by Crippen LogP contribution is 2.38. The summed E-state index contributed by atoms with van der Waals surface area (Å²) in [6, 6.07) is 31.9. The van der Waals surface area contributed by atoms with Crippen LogP contribution in [0.1, 0.15) is 85.6 Å². The van der Waals surface area contributed by atoms with Crippen molar-refractivity contribution in [1.29, 1.82) is 0 Å². The van der Waals surface area contributed by atoms with Crippen LogP contribution in [-0.4, -0.2) is 13.1 Å². The summed E-state index contributed by atoms with van der Waals surface area (Å²) < 4.78 is 12.0. The number of carbonyl (C=O) groups excluding carboxylic acids is 1. The van der Waals surface area contributed by atoms with Gasteiger partial charge in [-0.2, -0.15) is 0 Å². The maximum atomic E-state index is 12.6. The van der Waals surface area contributed by atoms with E-state index in [0.717, 1.165) is 21.4 Å². The maximum Gasteiger partial charge on any atom is 0.343 e. The molecule has 0 aliphatic rings. The van der Waals surface area contributed by atoms with Crippen LogP contribution in [0.5, 0.6) is 11.5 Å². The van der Waals surface area contributed by atoms with Gasteiger partial charge in [0.05, 0.1) is 12.7 Å². The Balaban J connectivity index is 1.79. The molecule has 212 valence electrons. The molecule has 0 saturated heterocycles. The van der Waals surface area contributed by atoms with Crippen LogP contribution in [0.4, 0.5) is 0 Å². The topological polar surface area (TPSA) is 35.5 Å². The van der Waals surface area contributed by atoms with E-state index in [2.05, 4.69) is 93.9 Å². The number of esters is 1. The van der Waals surface area contributed by atoms with Gasteiger partial charge in [0.25, 0.3) is 0 Å². The van der Waals surface area contributed by atoms with Crippen molar-refractivity contribution < 1.29 is 14.3 Å². The zero-order valence-corrected chi connectivity index (χ0v) is 26.6. The molecule has 3 nitrogen and oxygen atoms in total. The Kier molecular flexibility index (Phi) is 9.24. The Morgan fingerprint density at radius 2 is 1.22 bits per heavy atom. The molecule has 0 radical (unpaired) electrons. The van der Waals surface area contributed by atoms with E-state index < -0.39 is 0 Å². The maximum absolute atomic E-state index is 12.6. The van der Waals surface area contributed by atoms with Gasteiger partial charge in [-0.3, -0.25) is 0 Å². The number of halogens is 1. The van der Waals surface area contributed by atoms with Gasteiger partial charge < -0.3 is 9.47 Å². The molecule has 0 heterocycles. The average Bonchev–Trinajstić information content (AvgIpc) is 2.95. The molecule has 4 rings (SSSR count). The Bertz CT molecular complexity index is 1470. The molecule has 4 aromatic rings. The monoisotopic (exact) mass is 610 g/mol. The van der Waals surface area contributed by atoms with Crippen molar-refractivity contribution in [3.05, 3.63) is 137 Å². The lowest BCUT2D eigenvalue weighted by Gasteiger charge is -2.28. The first-order chi connectivity index (χ1) is 19.3. The molecule has 0 N–H and O–H groups in total. The van der Waals surface area contributed by atoms with Crippen LogP contribution in [0.2, 0.25) is 0 Å². The summed E-state index contributed by atoms with van der Waals surface area (Å²) in [5.41, 5.74) is 6.48. The molecule has 0 bridgehead atoms. The van der Waals surface area contributed by atoms with Crippen molar-refractivity contribution in [3.63, 3.8) is 0 Å².